The molecule has 0 aliphatic heterocycles. The summed E-state index contributed by atoms with van der Waals surface area (Å²) >= 11 is 0. The van der Waals surface area contributed by atoms with Gasteiger partial charge in [-0.3, -0.25) is 4.98 Å². The Morgan fingerprint density at radius 2 is 2.12 bits per heavy atom. The second kappa shape index (κ2) is 4.18. The van der Waals surface area contributed by atoms with Gasteiger partial charge in [0.25, 0.3) is 0 Å². The number of nitrogens with zero attached hydrogens (tertiary/aromatic N) is 1. The number of hydrogen-bond donors (Lipinski definition) is 1. The van der Waals surface area contributed by atoms with E-state index in [9.17, 15) is 4.39 Å². The van der Waals surface area contributed by atoms with Crippen LogP contribution in [-0.2, 0) is 0 Å². The first-order chi connectivity index (χ1) is 7.72. The number of methoxy groups -OCH3 is 1. The highest BCUT2D eigenvalue weighted by Crippen LogP contribution is 2.29. The van der Waals surface area contributed by atoms with Crippen LogP contribution >= 0.6 is 0 Å². The van der Waals surface area contributed by atoms with Gasteiger partial charge >= 0.3 is 0 Å². The van der Waals surface area contributed by atoms with Gasteiger partial charge in [0.15, 0.2) is 11.6 Å². The molecule has 0 saturated heterocycles. The third-order valence-electron chi connectivity index (χ3n) is 2.21. The lowest BCUT2D eigenvalue weighted by Gasteiger charge is -2.07. The van der Waals surface area contributed by atoms with E-state index in [1.807, 2.05) is 0 Å². The lowest BCUT2D eigenvalue weighted by Crippen LogP contribution is -1.91. The minimum absolute atomic E-state index is 0.376. The molecule has 4 heteroatoms. The van der Waals surface area contributed by atoms with Gasteiger partial charge in [0.05, 0.1) is 7.11 Å². The molecule has 3 nitrogen and oxygen atoms in total. The molecule has 1 heterocycles. The number of hydrogen-bond acceptors (Lipinski definition) is 3. The predicted octanol–water partition coefficient (Wildman–Crippen LogP) is 2.60. The Balaban J connectivity index is 2.54. The lowest BCUT2D eigenvalue weighted by molar-refractivity contribution is 0.414. The zero-order chi connectivity index (χ0) is 11.5. The van der Waals surface area contributed by atoms with E-state index in [1.165, 1.54) is 19.2 Å². The maximum absolute atomic E-state index is 13.2. The van der Waals surface area contributed by atoms with Gasteiger partial charge in [-0.1, -0.05) is 0 Å². The van der Waals surface area contributed by atoms with Crippen LogP contribution in [0.3, 0.4) is 0 Å². The van der Waals surface area contributed by atoms with Crippen molar-refractivity contribution in [1.82, 2.24) is 4.98 Å². The Morgan fingerprint density at radius 1 is 1.31 bits per heavy atom. The van der Waals surface area contributed by atoms with E-state index in [0.717, 1.165) is 0 Å². The molecule has 82 valence electrons. The van der Waals surface area contributed by atoms with Crippen LogP contribution in [0, 0.1) is 5.82 Å². The van der Waals surface area contributed by atoms with Crippen molar-refractivity contribution in [3.05, 3.63) is 42.3 Å². The number of benzene rings is 1. The fraction of sp³-hybridized carbons (Fsp3) is 0.0833. The van der Waals surface area contributed by atoms with Crippen molar-refractivity contribution in [2.45, 2.75) is 0 Å². The third-order valence-corrected chi connectivity index (χ3v) is 2.21. The van der Waals surface area contributed by atoms with Gasteiger partial charge in [0.2, 0.25) is 0 Å². The number of aromatic hydroxyl groups is 1. The van der Waals surface area contributed by atoms with Crippen molar-refractivity contribution in [3.8, 4) is 22.8 Å². The summed E-state index contributed by atoms with van der Waals surface area (Å²) in [5.41, 5.74) is 1.11. The topological polar surface area (TPSA) is 42.4 Å². The van der Waals surface area contributed by atoms with Crippen LogP contribution in [0.2, 0.25) is 0 Å². The molecule has 0 spiro atoms. The number of pyridine rings is 1. The van der Waals surface area contributed by atoms with Crippen molar-refractivity contribution in [2.24, 2.45) is 0 Å². The fourth-order valence-electron chi connectivity index (χ4n) is 1.43. The molecule has 0 aliphatic carbocycles. The largest absolute Gasteiger partial charge is 0.505 e. The molecule has 1 aromatic carbocycles. The molecule has 0 bridgehead atoms. The SMILES string of the molecule is COc1cccnc1-c1ccc(O)c(F)c1. The van der Waals surface area contributed by atoms with Crippen molar-refractivity contribution >= 4 is 0 Å². The summed E-state index contributed by atoms with van der Waals surface area (Å²) in [7, 11) is 1.53. The van der Waals surface area contributed by atoms with Crippen LogP contribution in [0.5, 0.6) is 11.5 Å². The third kappa shape index (κ3) is 1.82. The van der Waals surface area contributed by atoms with Gasteiger partial charge in [0.1, 0.15) is 11.4 Å². The zero-order valence-electron chi connectivity index (χ0n) is 8.64. The quantitative estimate of drug-likeness (QED) is 0.844. The molecule has 0 fully saturated rings. The van der Waals surface area contributed by atoms with Crippen LogP contribution in [0.1, 0.15) is 0 Å². The Hall–Kier alpha value is -2.10. The van der Waals surface area contributed by atoms with Crippen LogP contribution in [0.25, 0.3) is 11.3 Å². The maximum Gasteiger partial charge on any atom is 0.165 e. The molecule has 0 saturated carbocycles. The van der Waals surface area contributed by atoms with Crippen LogP contribution in [0.15, 0.2) is 36.5 Å². The minimum Gasteiger partial charge on any atom is -0.505 e. The van der Waals surface area contributed by atoms with Gasteiger partial charge in [-0.25, -0.2) is 4.39 Å². The summed E-state index contributed by atoms with van der Waals surface area (Å²) in [6.07, 6.45) is 1.60. The van der Waals surface area contributed by atoms with E-state index in [1.54, 1.807) is 24.4 Å². The normalized spacial score (nSPS) is 10.1. The molecule has 2 aromatic rings. The van der Waals surface area contributed by atoms with E-state index >= 15 is 0 Å². The monoisotopic (exact) mass is 219 g/mol. The van der Waals surface area contributed by atoms with E-state index in [0.29, 0.717) is 17.0 Å². The molecular formula is C12H10FNO2. The summed E-state index contributed by atoms with van der Waals surface area (Å²) < 4.78 is 18.3. The summed E-state index contributed by atoms with van der Waals surface area (Å²) in [4.78, 5) is 4.12. The number of rotatable bonds is 2. The van der Waals surface area contributed by atoms with Gasteiger partial charge in [-0.2, -0.15) is 0 Å². The Kier molecular flexibility index (Phi) is 2.72. The summed E-state index contributed by atoms with van der Waals surface area (Å²) in [5, 5.41) is 9.09. The molecule has 0 amide bonds. The first-order valence-corrected chi connectivity index (χ1v) is 4.70. The molecule has 0 unspecified atom stereocenters. The second-order valence-electron chi connectivity index (χ2n) is 3.22. The summed E-state index contributed by atoms with van der Waals surface area (Å²) in [6, 6.07) is 7.58. The first kappa shape index (κ1) is 10.4. The van der Waals surface area contributed by atoms with Crippen molar-refractivity contribution in [3.63, 3.8) is 0 Å². The smallest absolute Gasteiger partial charge is 0.165 e. The fourth-order valence-corrected chi connectivity index (χ4v) is 1.43. The molecule has 0 aliphatic rings. The van der Waals surface area contributed by atoms with Gasteiger partial charge in [0, 0.05) is 11.8 Å². The molecule has 1 N–H and O–H groups in total. The summed E-state index contributed by atoms with van der Waals surface area (Å²) in [6.45, 7) is 0. The number of phenolic OH excluding ortho intramolecular Hbond substituents is 1. The lowest BCUT2D eigenvalue weighted by atomic mass is 10.1. The van der Waals surface area contributed by atoms with Crippen molar-refractivity contribution in [1.29, 1.82) is 0 Å². The molecular weight excluding hydrogens is 209 g/mol. The van der Waals surface area contributed by atoms with Crippen LogP contribution in [-0.4, -0.2) is 17.2 Å². The molecule has 0 atom stereocenters. The van der Waals surface area contributed by atoms with E-state index in [-0.39, 0.29) is 5.75 Å². The van der Waals surface area contributed by atoms with Crippen LogP contribution in [0.4, 0.5) is 4.39 Å². The van der Waals surface area contributed by atoms with E-state index in [4.69, 9.17) is 9.84 Å². The van der Waals surface area contributed by atoms with Gasteiger partial charge in [-0.15, -0.1) is 0 Å². The highest BCUT2D eigenvalue weighted by Gasteiger charge is 2.09. The average molecular weight is 219 g/mol. The predicted molar refractivity (Wildman–Crippen MR) is 57.8 cm³/mol. The highest BCUT2D eigenvalue weighted by molar-refractivity contribution is 5.66. The molecule has 16 heavy (non-hydrogen) atoms. The number of ether oxygens (including phenoxy) is 1. The Bertz CT molecular complexity index is 514. The highest BCUT2D eigenvalue weighted by atomic mass is 19.1. The molecule has 1 aromatic heterocycles. The second-order valence-corrected chi connectivity index (χ2v) is 3.22. The van der Waals surface area contributed by atoms with Crippen LogP contribution < -0.4 is 4.74 Å². The first-order valence-electron chi connectivity index (χ1n) is 4.70. The Morgan fingerprint density at radius 3 is 2.81 bits per heavy atom. The number of aromatic nitrogens is 1. The average Bonchev–Trinajstić information content (AvgIpc) is 2.32. The van der Waals surface area contributed by atoms with Crippen molar-refractivity contribution < 1.29 is 14.2 Å². The van der Waals surface area contributed by atoms with Gasteiger partial charge < -0.3 is 9.84 Å². The van der Waals surface area contributed by atoms with Gasteiger partial charge in [-0.05, 0) is 30.3 Å². The molecule has 0 radical (unpaired) electrons. The number of halogens is 1. The van der Waals surface area contributed by atoms with E-state index in [2.05, 4.69) is 4.98 Å². The Labute approximate surface area is 92.1 Å². The van der Waals surface area contributed by atoms with E-state index < -0.39 is 5.82 Å². The maximum atomic E-state index is 13.2. The zero-order valence-corrected chi connectivity index (χ0v) is 8.64. The standard InChI is InChI=1S/C12H10FNO2/c1-16-11-3-2-6-14-12(11)8-4-5-10(15)9(13)7-8/h2-7,15H,1H3. The van der Waals surface area contributed by atoms with Crippen molar-refractivity contribution in [2.75, 3.05) is 7.11 Å². The minimum atomic E-state index is -0.676. The number of phenols is 1. The molecule has 2 rings (SSSR count). The summed E-state index contributed by atoms with van der Waals surface area (Å²) in [5.74, 6) is -0.489.